The molecule has 1 rings (SSSR count). The molecule has 20 heavy (non-hydrogen) atoms. The molecule has 1 aromatic rings. The predicted octanol–water partition coefficient (Wildman–Crippen LogP) is 2.89. The zero-order chi connectivity index (χ0) is 14.4. The van der Waals surface area contributed by atoms with Gasteiger partial charge in [0.05, 0.1) is 10.0 Å². The van der Waals surface area contributed by atoms with Crippen LogP contribution in [0.1, 0.15) is 13.8 Å². The highest BCUT2D eigenvalue weighted by atomic mass is 35.5. The summed E-state index contributed by atoms with van der Waals surface area (Å²) in [5.41, 5.74) is 5.48. The van der Waals surface area contributed by atoms with Gasteiger partial charge in [-0.1, -0.05) is 30.1 Å². The molecule has 0 aliphatic rings. The van der Waals surface area contributed by atoms with E-state index in [1.807, 2.05) is 6.92 Å². The van der Waals surface area contributed by atoms with Crippen molar-refractivity contribution < 1.29 is 9.53 Å². The van der Waals surface area contributed by atoms with Crippen molar-refractivity contribution in [2.24, 2.45) is 11.7 Å². The van der Waals surface area contributed by atoms with E-state index in [4.69, 9.17) is 33.7 Å². The first kappa shape index (κ1) is 19.3. The molecule has 0 radical (unpaired) electrons. The molecule has 2 atom stereocenters. The Hall–Kier alpha value is -0.680. The summed E-state index contributed by atoms with van der Waals surface area (Å²) in [5.74, 6) is 0.552. The van der Waals surface area contributed by atoms with E-state index in [1.165, 1.54) is 0 Å². The van der Waals surface area contributed by atoms with Crippen molar-refractivity contribution in [2.75, 3.05) is 13.1 Å². The molecule has 0 fully saturated rings. The largest absolute Gasteiger partial charge is 0.481 e. The minimum Gasteiger partial charge on any atom is -0.481 e. The van der Waals surface area contributed by atoms with Crippen molar-refractivity contribution in [2.45, 2.75) is 20.0 Å². The molecule has 0 aliphatic carbocycles. The molecule has 0 heterocycles. The third kappa shape index (κ3) is 6.18. The predicted molar refractivity (Wildman–Crippen MR) is 85.0 cm³/mol. The fourth-order valence-electron chi connectivity index (χ4n) is 1.31. The molecule has 114 valence electrons. The molecule has 1 amide bonds. The van der Waals surface area contributed by atoms with Crippen molar-refractivity contribution in [1.29, 1.82) is 0 Å². The van der Waals surface area contributed by atoms with E-state index in [-0.39, 0.29) is 24.2 Å². The van der Waals surface area contributed by atoms with Gasteiger partial charge in [-0.25, -0.2) is 0 Å². The average molecular weight is 342 g/mol. The van der Waals surface area contributed by atoms with E-state index in [0.29, 0.717) is 28.9 Å². The standard InChI is InChI=1S/C13H18Cl2N2O2.ClH/c1-8(6-16)7-17-13(18)9(2)19-10-3-4-11(14)12(15)5-10;/h3-5,8-9H,6-7,16H2,1-2H3,(H,17,18);1H. The summed E-state index contributed by atoms with van der Waals surface area (Å²) in [6, 6.07) is 4.87. The number of hydrogen-bond acceptors (Lipinski definition) is 3. The van der Waals surface area contributed by atoms with E-state index in [0.717, 1.165) is 0 Å². The topological polar surface area (TPSA) is 64.3 Å². The zero-order valence-electron chi connectivity index (χ0n) is 11.4. The van der Waals surface area contributed by atoms with Gasteiger partial charge in [0.25, 0.3) is 5.91 Å². The quantitative estimate of drug-likeness (QED) is 0.836. The van der Waals surface area contributed by atoms with Gasteiger partial charge in [-0.2, -0.15) is 0 Å². The molecule has 0 spiro atoms. The van der Waals surface area contributed by atoms with Crippen LogP contribution in [0.4, 0.5) is 0 Å². The molecule has 1 aromatic carbocycles. The second-order valence-electron chi connectivity index (χ2n) is 4.42. The van der Waals surface area contributed by atoms with Gasteiger partial charge < -0.3 is 15.8 Å². The molecule has 0 saturated heterocycles. The van der Waals surface area contributed by atoms with Crippen LogP contribution in [0.5, 0.6) is 5.75 Å². The summed E-state index contributed by atoms with van der Waals surface area (Å²) in [6.45, 7) is 4.70. The minimum absolute atomic E-state index is 0. The summed E-state index contributed by atoms with van der Waals surface area (Å²) < 4.78 is 5.49. The number of hydrogen-bond donors (Lipinski definition) is 2. The van der Waals surface area contributed by atoms with Crippen LogP contribution in [0.25, 0.3) is 0 Å². The summed E-state index contributed by atoms with van der Waals surface area (Å²) in [7, 11) is 0. The lowest BCUT2D eigenvalue weighted by atomic mass is 10.2. The highest BCUT2D eigenvalue weighted by molar-refractivity contribution is 6.42. The normalized spacial score (nSPS) is 13.1. The number of carbonyl (C=O) groups is 1. The Labute approximate surface area is 135 Å². The van der Waals surface area contributed by atoms with Crippen molar-refractivity contribution >= 4 is 41.5 Å². The molecule has 0 saturated carbocycles. The number of halogens is 3. The van der Waals surface area contributed by atoms with E-state index in [9.17, 15) is 4.79 Å². The highest BCUT2D eigenvalue weighted by Crippen LogP contribution is 2.26. The Morgan fingerprint density at radius 3 is 2.55 bits per heavy atom. The average Bonchev–Trinajstić information content (AvgIpc) is 2.39. The highest BCUT2D eigenvalue weighted by Gasteiger charge is 2.15. The van der Waals surface area contributed by atoms with Crippen LogP contribution in [0.15, 0.2) is 18.2 Å². The molecule has 0 aromatic heterocycles. The van der Waals surface area contributed by atoms with Gasteiger partial charge in [0, 0.05) is 12.6 Å². The fraction of sp³-hybridized carbons (Fsp3) is 0.462. The number of ether oxygens (including phenoxy) is 1. The van der Waals surface area contributed by atoms with Gasteiger partial charge in [0.15, 0.2) is 6.10 Å². The van der Waals surface area contributed by atoms with Crippen LogP contribution in [0.3, 0.4) is 0 Å². The van der Waals surface area contributed by atoms with Crippen LogP contribution in [0.2, 0.25) is 10.0 Å². The van der Waals surface area contributed by atoms with Crippen LogP contribution in [0, 0.1) is 5.92 Å². The number of amides is 1. The number of benzene rings is 1. The molecule has 2 unspecified atom stereocenters. The Morgan fingerprint density at radius 1 is 1.35 bits per heavy atom. The third-order valence-corrected chi connectivity index (χ3v) is 3.34. The SMILES string of the molecule is CC(CN)CNC(=O)C(C)Oc1ccc(Cl)c(Cl)c1.Cl. The summed E-state index contributed by atoms with van der Waals surface area (Å²) >= 11 is 11.7. The van der Waals surface area contributed by atoms with Crippen LogP contribution >= 0.6 is 35.6 Å². The number of rotatable bonds is 6. The molecular weight excluding hydrogens is 323 g/mol. The van der Waals surface area contributed by atoms with Crippen molar-refractivity contribution in [1.82, 2.24) is 5.32 Å². The maximum atomic E-state index is 11.8. The van der Waals surface area contributed by atoms with Gasteiger partial charge in [0.2, 0.25) is 0 Å². The second kappa shape index (κ2) is 9.29. The molecule has 4 nitrogen and oxygen atoms in total. The lowest BCUT2D eigenvalue weighted by Crippen LogP contribution is -2.39. The van der Waals surface area contributed by atoms with E-state index >= 15 is 0 Å². The van der Waals surface area contributed by atoms with Gasteiger partial charge >= 0.3 is 0 Å². The summed E-state index contributed by atoms with van der Waals surface area (Å²) in [6.07, 6.45) is -0.609. The van der Waals surface area contributed by atoms with Crippen molar-refractivity contribution in [3.05, 3.63) is 28.2 Å². The van der Waals surface area contributed by atoms with Crippen LogP contribution in [-0.2, 0) is 4.79 Å². The van der Waals surface area contributed by atoms with Gasteiger partial charge in [-0.15, -0.1) is 12.4 Å². The lowest BCUT2D eigenvalue weighted by Gasteiger charge is -2.16. The summed E-state index contributed by atoms with van der Waals surface area (Å²) in [5, 5.41) is 3.62. The first-order valence-corrected chi connectivity index (χ1v) is 6.79. The van der Waals surface area contributed by atoms with Crippen molar-refractivity contribution in [3.8, 4) is 5.75 Å². The van der Waals surface area contributed by atoms with E-state index < -0.39 is 6.10 Å². The molecule has 0 aliphatic heterocycles. The smallest absolute Gasteiger partial charge is 0.260 e. The Kier molecular flexibility index (Phi) is 8.98. The molecule has 3 N–H and O–H groups in total. The zero-order valence-corrected chi connectivity index (χ0v) is 13.7. The Morgan fingerprint density at radius 2 is 2.00 bits per heavy atom. The molecule has 7 heteroatoms. The Bertz CT molecular complexity index is 444. The monoisotopic (exact) mass is 340 g/mol. The first-order chi connectivity index (χ1) is 8.93. The van der Waals surface area contributed by atoms with E-state index in [2.05, 4.69) is 5.32 Å². The second-order valence-corrected chi connectivity index (χ2v) is 5.24. The van der Waals surface area contributed by atoms with E-state index in [1.54, 1.807) is 25.1 Å². The van der Waals surface area contributed by atoms with Gasteiger partial charge in [-0.05, 0) is 31.5 Å². The number of carbonyl (C=O) groups excluding carboxylic acids is 1. The lowest BCUT2D eigenvalue weighted by molar-refractivity contribution is -0.127. The number of nitrogens with one attached hydrogen (secondary N) is 1. The minimum atomic E-state index is -0.609. The third-order valence-electron chi connectivity index (χ3n) is 2.60. The van der Waals surface area contributed by atoms with Crippen molar-refractivity contribution in [3.63, 3.8) is 0 Å². The van der Waals surface area contributed by atoms with Gasteiger partial charge in [-0.3, -0.25) is 4.79 Å². The maximum absolute atomic E-state index is 11.8. The van der Waals surface area contributed by atoms with Crippen LogP contribution in [-0.4, -0.2) is 25.1 Å². The number of nitrogens with two attached hydrogens (primary N) is 1. The molecular formula is C13H19Cl3N2O2. The van der Waals surface area contributed by atoms with Crippen LogP contribution < -0.4 is 15.8 Å². The summed E-state index contributed by atoms with van der Waals surface area (Å²) in [4.78, 5) is 11.8. The first-order valence-electron chi connectivity index (χ1n) is 6.03. The molecule has 0 bridgehead atoms. The maximum Gasteiger partial charge on any atom is 0.260 e. The van der Waals surface area contributed by atoms with Gasteiger partial charge in [0.1, 0.15) is 5.75 Å². The Balaban J connectivity index is 0.00000361. The fourth-order valence-corrected chi connectivity index (χ4v) is 1.60.